The second-order valence-electron chi connectivity index (χ2n) is 8.17. The number of carboxylic acid groups (broad SMARTS) is 1. The Morgan fingerprint density at radius 2 is 1.91 bits per heavy atom. The minimum Gasteiger partial charge on any atom is -0.493 e. The molecule has 0 bridgehead atoms. The molecule has 35 heavy (non-hydrogen) atoms. The number of aromatic nitrogens is 2. The van der Waals surface area contributed by atoms with Crippen molar-refractivity contribution in [1.82, 2.24) is 9.55 Å². The molecule has 0 fully saturated rings. The number of carbonyl (C=O) groups is 1. The van der Waals surface area contributed by atoms with E-state index in [1.807, 2.05) is 48.5 Å². The van der Waals surface area contributed by atoms with Gasteiger partial charge in [0.15, 0.2) is 11.5 Å². The van der Waals surface area contributed by atoms with Gasteiger partial charge in [-0.05, 0) is 71.7 Å². The third kappa shape index (κ3) is 4.50. The van der Waals surface area contributed by atoms with Crippen molar-refractivity contribution in [3.05, 3.63) is 98.6 Å². The predicted molar refractivity (Wildman–Crippen MR) is 134 cm³/mol. The molecule has 0 saturated heterocycles. The molecule has 2 heterocycles. The van der Waals surface area contributed by atoms with Crippen LogP contribution >= 0.6 is 11.6 Å². The van der Waals surface area contributed by atoms with Crippen molar-refractivity contribution in [2.75, 3.05) is 7.11 Å². The monoisotopic (exact) mass is 488 g/mol. The lowest BCUT2D eigenvalue weighted by Gasteiger charge is -2.12. The fraction of sp³-hybridized carbons (Fsp3) is 0.148. The van der Waals surface area contributed by atoms with Crippen LogP contribution in [0.2, 0.25) is 5.02 Å². The van der Waals surface area contributed by atoms with Gasteiger partial charge in [0.05, 0.1) is 23.6 Å². The summed E-state index contributed by atoms with van der Waals surface area (Å²) in [5.74, 6) is 0.682. The number of nitrogens with zero attached hydrogens (tertiary/aromatic N) is 2. The van der Waals surface area contributed by atoms with E-state index in [4.69, 9.17) is 21.1 Å². The molecule has 7 nitrogen and oxygen atoms in total. The van der Waals surface area contributed by atoms with Gasteiger partial charge in [0, 0.05) is 11.6 Å². The third-order valence-corrected chi connectivity index (χ3v) is 6.18. The zero-order valence-electron chi connectivity index (χ0n) is 18.8. The predicted octanol–water partition coefficient (Wildman–Crippen LogP) is 5.28. The largest absolute Gasteiger partial charge is 0.493 e. The average molecular weight is 489 g/mol. The zero-order chi connectivity index (χ0) is 24.5. The number of aromatic carboxylic acids is 1. The molecule has 8 heteroatoms. The van der Waals surface area contributed by atoms with Crippen LogP contribution in [0.4, 0.5) is 0 Å². The Morgan fingerprint density at radius 1 is 1.11 bits per heavy atom. The number of hydrogen-bond acceptors (Lipinski definition) is 5. The van der Waals surface area contributed by atoms with Gasteiger partial charge in [0.25, 0.3) is 5.56 Å². The SMILES string of the molecule is COc1cc(/C=C2/CCn3c2nc2cc(C(=O)O)ccc2c3=O)ccc1OCc1ccc(Cl)cc1. The van der Waals surface area contributed by atoms with Gasteiger partial charge in [0.1, 0.15) is 12.4 Å². The van der Waals surface area contributed by atoms with Gasteiger partial charge in [-0.1, -0.05) is 29.8 Å². The first-order valence-electron chi connectivity index (χ1n) is 11.0. The first-order valence-corrected chi connectivity index (χ1v) is 11.3. The second kappa shape index (κ2) is 9.27. The van der Waals surface area contributed by atoms with Crippen LogP contribution in [0.1, 0.15) is 33.7 Å². The quantitative estimate of drug-likeness (QED) is 0.397. The van der Waals surface area contributed by atoms with Gasteiger partial charge in [-0.3, -0.25) is 9.36 Å². The summed E-state index contributed by atoms with van der Waals surface area (Å²) in [6.45, 7) is 0.891. The van der Waals surface area contributed by atoms with E-state index in [2.05, 4.69) is 4.98 Å². The normalized spacial score (nSPS) is 13.7. The molecule has 0 radical (unpaired) electrons. The molecule has 176 valence electrons. The molecule has 0 amide bonds. The highest BCUT2D eigenvalue weighted by Gasteiger charge is 2.21. The van der Waals surface area contributed by atoms with Crippen molar-refractivity contribution in [1.29, 1.82) is 0 Å². The number of methoxy groups -OCH3 is 1. The maximum Gasteiger partial charge on any atom is 0.335 e. The summed E-state index contributed by atoms with van der Waals surface area (Å²) in [6.07, 6.45) is 2.60. The van der Waals surface area contributed by atoms with Gasteiger partial charge in [-0.15, -0.1) is 0 Å². The van der Waals surface area contributed by atoms with Crippen molar-refractivity contribution in [2.24, 2.45) is 0 Å². The Morgan fingerprint density at radius 3 is 2.66 bits per heavy atom. The van der Waals surface area contributed by atoms with Gasteiger partial charge in [-0.2, -0.15) is 0 Å². The molecule has 0 saturated carbocycles. The highest BCUT2D eigenvalue weighted by molar-refractivity contribution is 6.30. The molecular formula is C27H21ClN2O5. The fourth-order valence-corrected chi connectivity index (χ4v) is 4.25. The van der Waals surface area contributed by atoms with E-state index in [1.54, 1.807) is 11.7 Å². The van der Waals surface area contributed by atoms with Crippen LogP contribution < -0.4 is 15.0 Å². The van der Waals surface area contributed by atoms with Crippen LogP contribution in [0.25, 0.3) is 22.6 Å². The molecule has 5 rings (SSSR count). The Bertz CT molecular complexity index is 1540. The highest BCUT2D eigenvalue weighted by Crippen LogP contribution is 2.32. The average Bonchev–Trinajstić information content (AvgIpc) is 3.26. The van der Waals surface area contributed by atoms with E-state index in [9.17, 15) is 14.7 Å². The van der Waals surface area contributed by atoms with Crippen LogP contribution in [0.5, 0.6) is 11.5 Å². The first-order chi connectivity index (χ1) is 16.9. The summed E-state index contributed by atoms with van der Waals surface area (Å²) in [5.41, 5.74) is 3.04. The molecule has 4 aromatic rings. The minimum absolute atomic E-state index is 0.0943. The molecule has 0 atom stereocenters. The number of allylic oxidation sites excluding steroid dienone is 1. The van der Waals surface area contributed by atoms with Crippen LogP contribution in [-0.4, -0.2) is 27.7 Å². The number of fused-ring (bicyclic) bond motifs is 2. The maximum atomic E-state index is 13.0. The van der Waals surface area contributed by atoms with Gasteiger partial charge >= 0.3 is 5.97 Å². The Balaban J connectivity index is 1.45. The van der Waals surface area contributed by atoms with Crippen LogP contribution in [0.3, 0.4) is 0 Å². The van der Waals surface area contributed by atoms with E-state index in [1.165, 1.54) is 18.2 Å². The van der Waals surface area contributed by atoms with Gasteiger partial charge < -0.3 is 14.6 Å². The first kappa shape index (κ1) is 22.7. The highest BCUT2D eigenvalue weighted by atomic mass is 35.5. The standard InChI is InChI=1S/C27H21ClN2O5/c1-34-24-13-17(4-9-23(24)35-15-16-2-6-20(28)7-3-16)12-18-10-11-30-25(18)29-22-14-19(27(32)33)5-8-21(22)26(30)31/h2-9,12-14H,10-11,15H2,1H3,(H,32,33)/b18-12-. The summed E-state index contributed by atoms with van der Waals surface area (Å²) in [6, 6.07) is 17.5. The lowest BCUT2D eigenvalue weighted by atomic mass is 10.1. The molecule has 0 spiro atoms. The molecule has 0 unspecified atom stereocenters. The van der Waals surface area contributed by atoms with E-state index in [0.717, 1.165) is 16.7 Å². The molecular weight excluding hydrogens is 468 g/mol. The Labute approximate surface area is 205 Å². The summed E-state index contributed by atoms with van der Waals surface area (Å²) >= 11 is 5.94. The van der Waals surface area contributed by atoms with E-state index < -0.39 is 5.97 Å². The summed E-state index contributed by atoms with van der Waals surface area (Å²) in [5, 5.41) is 10.4. The van der Waals surface area contributed by atoms with Crippen molar-refractivity contribution in [2.45, 2.75) is 19.6 Å². The Kier molecular flexibility index (Phi) is 6.01. The van der Waals surface area contributed by atoms with Crippen molar-refractivity contribution < 1.29 is 19.4 Å². The van der Waals surface area contributed by atoms with E-state index in [0.29, 0.717) is 52.8 Å². The summed E-state index contributed by atoms with van der Waals surface area (Å²) in [4.78, 5) is 28.9. The molecule has 1 aliphatic rings. The molecule has 1 aliphatic heterocycles. The van der Waals surface area contributed by atoms with E-state index in [-0.39, 0.29) is 11.1 Å². The zero-order valence-corrected chi connectivity index (χ0v) is 19.6. The van der Waals surface area contributed by atoms with Crippen molar-refractivity contribution >= 4 is 40.1 Å². The third-order valence-electron chi connectivity index (χ3n) is 5.93. The van der Waals surface area contributed by atoms with Crippen molar-refractivity contribution in [3.63, 3.8) is 0 Å². The topological polar surface area (TPSA) is 90.7 Å². The number of halogens is 1. The number of rotatable bonds is 6. The number of carboxylic acids is 1. The fourth-order valence-electron chi connectivity index (χ4n) is 4.12. The summed E-state index contributed by atoms with van der Waals surface area (Å²) < 4.78 is 13.1. The molecule has 0 aliphatic carbocycles. The molecule has 1 N–H and O–H groups in total. The Hall–Kier alpha value is -4.10. The lowest BCUT2D eigenvalue weighted by molar-refractivity contribution is 0.0697. The van der Waals surface area contributed by atoms with Gasteiger partial charge in [-0.25, -0.2) is 9.78 Å². The summed E-state index contributed by atoms with van der Waals surface area (Å²) in [7, 11) is 1.58. The van der Waals surface area contributed by atoms with E-state index >= 15 is 0 Å². The van der Waals surface area contributed by atoms with Crippen LogP contribution in [-0.2, 0) is 13.2 Å². The molecule has 1 aromatic heterocycles. The number of benzene rings is 3. The smallest absolute Gasteiger partial charge is 0.335 e. The second-order valence-corrected chi connectivity index (χ2v) is 8.61. The van der Waals surface area contributed by atoms with Crippen LogP contribution in [0.15, 0.2) is 65.5 Å². The van der Waals surface area contributed by atoms with Gasteiger partial charge in [0.2, 0.25) is 0 Å². The lowest BCUT2D eigenvalue weighted by Crippen LogP contribution is -2.21. The molecule has 3 aromatic carbocycles. The minimum atomic E-state index is -1.06. The number of ether oxygens (including phenoxy) is 2. The van der Waals surface area contributed by atoms with Crippen molar-refractivity contribution in [3.8, 4) is 11.5 Å². The number of hydrogen-bond donors (Lipinski definition) is 1. The maximum absolute atomic E-state index is 13.0. The van der Waals surface area contributed by atoms with Crippen LogP contribution in [0, 0.1) is 0 Å².